The maximum Gasteiger partial charge on any atom is 0.159 e. The molecular formula is C20H17F2N3. The summed E-state index contributed by atoms with van der Waals surface area (Å²) in [7, 11) is 0. The molecule has 1 aromatic heterocycles. The highest BCUT2D eigenvalue weighted by molar-refractivity contribution is 6.02. The first-order chi connectivity index (χ1) is 12.0. The Labute approximate surface area is 144 Å². The van der Waals surface area contributed by atoms with Gasteiger partial charge in [0.25, 0.3) is 0 Å². The Balaban J connectivity index is 2.20. The van der Waals surface area contributed by atoms with E-state index in [0.29, 0.717) is 28.4 Å². The van der Waals surface area contributed by atoms with Crippen molar-refractivity contribution in [3.8, 4) is 17.2 Å². The van der Waals surface area contributed by atoms with Gasteiger partial charge in [-0.3, -0.25) is 0 Å². The second-order valence-corrected chi connectivity index (χ2v) is 6.30. The lowest BCUT2D eigenvalue weighted by atomic mass is 9.98. The van der Waals surface area contributed by atoms with Gasteiger partial charge in [-0.15, -0.1) is 0 Å². The Morgan fingerprint density at radius 2 is 1.88 bits per heavy atom. The summed E-state index contributed by atoms with van der Waals surface area (Å²) in [5.74, 6) is -0.654. The zero-order chi connectivity index (χ0) is 18.0. The number of hydrogen-bond donors (Lipinski definition) is 1. The lowest BCUT2D eigenvalue weighted by molar-refractivity contribution is 0.509. The number of benzene rings is 2. The normalized spacial score (nSPS) is 10.9. The molecule has 1 N–H and O–H groups in total. The molecule has 0 aliphatic heterocycles. The van der Waals surface area contributed by atoms with E-state index in [9.17, 15) is 14.0 Å². The average molecular weight is 337 g/mol. The molecule has 1 heterocycles. The number of nitrogens with one attached hydrogen (secondary N) is 1. The van der Waals surface area contributed by atoms with Gasteiger partial charge >= 0.3 is 0 Å². The molecule has 3 rings (SSSR count). The summed E-state index contributed by atoms with van der Waals surface area (Å²) < 4.78 is 26.9. The topological polar surface area (TPSA) is 48.7 Å². The third-order valence-corrected chi connectivity index (χ3v) is 3.93. The summed E-state index contributed by atoms with van der Waals surface area (Å²) in [5, 5.41) is 14.1. The van der Waals surface area contributed by atoms with Crippen molar-refractivity contribution in [3.05, 3.63) is 59.8 Å². The van der Waals surface area contributed by atoms with Crippen molar-refractivity contribution in [2.24, 2.45) is 5.92 Å². The number of nitrogens with zero attached hydrogens (tertiary/aromatic N) is 2. The zero-order valence-corrected chi connectivity index (χ0v) is 14.0. The first-order valence-electron chi connectivity index (χ1n) is 8.01. The van der Waals surface area contributed by atoms with Crippen molar-refractivity contribution in [3.63, 3.8) is 0 Å². The van der Waals surface area contributed by atoms with Crippen molar-refractivity contribution < 1.29 is 8.78 Å². The number of aromatic nitrogens is 1. The van der Waals surface area contributed by atoms with Gasteiger partial charge in [0.05, 0.1) is 11.6 Å². The largest absolute Gasteiger partial charge is 0.369 e. The van der Waals surface area contributed by atoms with Gasteiger partial charge in [-0.05, 0) is 47.2 Å². The minimum Gasteiger partial charge on any atom is -0.369 e. The monoisotopic (exact) mass is 337 g/mol. The van der Waals surface area contributed by atoms with Crippen LogP contribution in [0.1, 0.15) is 19.4 Å². The predicted molar refractivity (Wildman–Crippen MR) is 95.1 cm³/mol. The van der Waals surface area contributed by atoms with Gasteiger partial charge < -0.3 is 5.32 Å². The van der Waals surface area contributed by atoms with Gasteiger partial charge in [0.1, 0.15) is 5.82 Å². The first-order valence-corrected chi connectivity index (χ1v) is 8.01. The molecule has 3 aromatic rings. The summed E-state index contributed by atoms with van der Waals surface area (Å²) in [5.41, 5.74) is 1.67. The van der Waals surface area contributed by atoms with Crippen LogP contribution < -0.4 is 5.32 Å². The average Bonchev–Trinajstić information content (AvgIpc) is 2.61. The maximum absolute atomic E-state index is 13.6. The van der Waals surface area contributed by atoms with E-state index in [1.165, 1.54) is 6.07 Å². The van der Waals surface area contributed by atoms with Gasteiger partial charge in [0.15, 0.2) is 11.6 Å². The van der Waals surface area contributed by atoms with E-state index >= 15 is 0 Å². The molecule has 3 nitrogen and oxygen atoms in total. The molecule has 0 saturated carbocycles. The highest BCUT2D eigenvalue weighted by Crippen LogP contribution is 2.33. The Morgan fingerprint density at radius 1 is 1.08 bits per heavy atom. The van der Waals surface area contributed by atoms with Crippen LogP contribution in [0, 0.1) is 28.9 Å². The van der Waals surface area contributed by atoms with Gasteiger partial charge in [-0.1, -0.05) is 19.9 Å². The van der Waals surface area contributed by atoms with Crippen molar-refractivity contribution in [1.82, 2.24) is 4.98 Å². The molecule has 0 radical (unpaired) electrons. The standard InChI is InChI=1S/C20H17F2N3/c1-12(2)10-24-20-15-5-3-13(9-23)7-16(15)17(11-25-20)14-4-6-18(21)19(22)8-14/h3-8,11-12H,10H2,1-2H3,(H,24,25). The number of pyridine rings is 1. The Bertz CT molecular complexity index is 975. The van der Waals surface area contributed by atoms with Crippen molar-refractivity contribution in [1.29, 1.82) is 5.26 Å². The van der Waals surface area contributed by atoms with E-state index in [4.69, 9.17) is 0 Å². The second kappa shape index (κ2) is 6.86. The van der Waals surface area contributed by atoms with Crippen molar-refractivity contribution in [2.45, 2.75) is 13.8 Å². The number of halogens is 2. The van der Waals surface area contributed by atoms with Crippen LogP contribution in [0.25, 0.3) is 21.9 Å². The molecule has 0 atom stereocenters. The quantitative estimate of drug-likeness (QED) is 0.719. The lowest BCUT2D eigenvalue weighted by Crippen LogP contribution is -2.09. The summed E-state index contributed by atoms with van der Waals surface area (Å²) in [6.45, 7) is 4.95. The first kappa shape index (κ1) is 16.8. The fourth-order valence-electron chi connectivity index (χ4n) is 2.65. The van der Waals surface area contributed by atoms with Crippen LogP contribution >= 0.6 is 0 Å². The third kappa shape index (κ3) is 3.43. The molecule has 0 aliphatic rings. The highest BCUT2D eigenvalue weighted by Gasteiger charge is 2.12. The smallest absolute Gasteiger partial charge is 0.159 e. The summed E-state index contributed by atoms with van der Waals surface area (Å²) in [4.78, 5) is 4.45. The summed E-state index contributed by atoms with van der Waals surface area (Å²) >= 11 is 0. The molecule has 2 aromatic carbocycles. The Hall–Kier alpha value is -3.00. The minimum atomic E-state index is -0.913. The number of anilines is 1. The van der Waals surface area contributed by atoms with E-state index in [0.717, 1.165) is 29.4 Å². The molecule has 0 bridgehead atoms. The van der Waals surface area contributed by atoms with Crippen LogP contribution in [0.4, 0.5) is 14.6 Å². The van der Waals surface area contributed by atoms with Crippen LogP contribution in [-0.2, 0) is 0 Å². The van der Waals surface area contributed by atoms with Gasteiger partial charge in [-0.2, -0.15) is 5.26 Å². The number of hydrogen-bond acceptors (Lipinski definition) is 3. The fraction of sp³-hybridized carbons (Fsp3) is 0.200. The van der Waals surface area contributed by atoms with E-state index in [1.807, 2.05) is 6.07 Å². The molecule has 0 saturated heterocycles. The molecule has 126 valence electrons. The maximum atomic E-state index is 13.6. The Kier molecular flexibility index (Phi) is 4.62. The van der Waals surface area contributed by atoms with Crippen molar-refractivity contribution >= 4 is 16.6 Å². The summed E-state index contributed by atoms with van der Waals surface area (Å²) in [6, 6.07) is 11.2. The van der Waals surface area contributed by atoms with Crippen LogP contribution in [0.5, 0.6) is 0 Å². The van der Waals surface area contributed by atoms with Crippen molar-refractivity contribution in [2.75, 3.05) is 11.9 Å². The number of rotatable bonds is 4. The second-order valence-electron chi connectivity index (χ2n) is 6.30. The minimum absolute atomic E-state index is 0.445. The van der Waals surface area contributed by atoms with Crippen LogP contribution in [-0.4, -0.2) is 11.5 Å². The molecular weight excluding hydrogens is 320 g/mol. The van der Waals surface area contributed by atoms with E-state index in [1.54, 1.807) is 18.3 Å². The van der Waals surface area contributed by atoms with Gasteiger partial charge in [0.2, 0.25) is 0 Å². The molecule has 0 spiro atoms. The van der Waals surface area contributed by atoms with Gasteiger partial charge in [0, 0.05) is 23.7 Å². The predicted octanol–water partition coefficient (Wildman–Crippen LogP) is 5.12. The van der Waals surface area contributed by atoms with Crippen LogP contribution in [0.2, 0.25) is 0 Å². The molecule has 5 heteroatoms. The van der Waals surface area contributed by atoms with E-state index in [-0.39, 0.29) is 0 Å². The van der Waals surface area contributed by atoms with Crippen LogP contribution in [0.3, 0.4) is 0 Å². The molecule has 0 unspecified atom stereocenters. The number of nitriles is 1. The molecule has 0 fully saturated rings. The lowest BCUT2D eigenvalue weighted by Gasteiger charge is -2.14. The highest BCUT2D eigenvalue weighted by atomic mass is 19.2. The van der Waals surface area contributed by atoms with Crippen LogP contribution in [0.15, 0.2) is 42.6 Å². The summed E-state index contributed by atoms with van der Waals surface area (Å²) in [6.07, 6.45) is 1.62. The van der Waals surface area contributed by atoms with Gasteiger partial charge in [-0.25, -0.2) is 13.8 Å². The molecule has 25 heavy (non-hydrogen) atoms. The zero-order valence-electron chi connectivity index (χ0n) is 14.0. The molecule has 0 amide bonds. The SMILES string of the molecule is CC(C)CNc1ncc(-c2ccc(F)c(F)c2)c2cc(C#N)ccc12. The Morgan fingerprint density at radius 3 is 2.56 bits per heavy atom. The fourth-order valence-corrected chi connectivity index (χ4v) is 2.65. The van der Waals surface area contributed by atoms with E-state index in [2.05, 4.69) is 30.2 Å². The molecule has 0 aliphatic carbocycles. The van der Waals surface area contributed by atoms with E-state index < -0.39 is 11.6 Å². The third-order valence-electron chi connectivity index (χ3n) is 3.93. The number of fused-ring (bicyclic) bond motifs is 1.